The molecule has 1 aromatic rings. The second-order valence-corrected chi connectivity index (χ2v) is 5.68. The Morgan fingerprint density at radius 2 is 2.10 bits per heavy atom. The van der Waals surface area contributed by atoms with Crippen LogP contribution in [0, 0.1) is 0 Å². The average Bonchev–Trinajstić information content (AvgIpc) is 2.97. The SMILES string of the molecule is Cl.O=C(NCC1CCCN1)C1CCCc2ccccc21. The van der Waals surface area contributed by atoms with Gasteiger partial charge in [-0.05, 0) is 49.8 Å². The first-order valence-electron chi connectivity index (χ1n) is 7.43. The van der Waals surface area contributed by atoms with Gasteiger partial charge in [0, 0.05) is 12.6 Å². The fourth-order valence-corrected chi connectivity index (χ4v) is 3.30. The normalized spacial score (nSPS) is 24.6. The van der Waals surface area contributed by atoms with Crippen LogP contribution in [0.4, 0.5) is 0 Å². The molecule has 1 aromatic carbocycles. The van der Waals surface area contributed by atoms with E-state index in [0.29, 0.717) is 6.04 Å². The van der Waals surface area contributed by atoms with E-state index >= 15 is 0 Å². The molecular weight excluding hydrogens is 272 g/mol. The third-order valence-electron chi connectivity index (χ3n) is 4.37. The first kappa shape index (κ1) is 15.3. The van der Waals surface area contributed by atoms with Crippen molar-refractivity contribution in [2.24, 2.45) is 0 Å². The van der Waals surface area contributed by atoms with Gasteiger partial charge in [-0.2, -0.15) is 0 Å². The van der Waals surface area contributed by atoms with Crippen LogP contribution in [-0.4, -0.2) is 25.0 Å². The summed E-state index contributed by atoms with van der Waals surface area (Å²) in [6, 6.07) is 8.87. The Morgan fingerprint density at radius 3 is 2.90 bits per heavy atom. The fraction of sp³-hybridized carbons (Fsp3) is 0.562. The highest BCUT2D eigenvalue weighted by Gasteiger charge is 2.26. The maximum absolute atomic E-state index is 12.4. The van der Waals surface area contributed by atoms with E-state index in [1.807, 2.05) is 6.07 Å². The topological polar surface area (TPSA) is 41.1 Å². The molecule has 0 aromatic heterocycles. The number of hydrogen-bond acceptors (Lipinski definition) is 2. The van der Waals surface area contributed by atoms with E-state index in [-0.39, 0.29) is 24.2 Å². The maximum Gasteiger partial charge on any atom is 0.227 e. The van der Waals surface area contributed by atoms with E-state index in [2.05, 4.69) is 28.8 Å². The summed E-state index contributed by atoms with van der Waals surface area (Å²) in [4.78, 5) is 12.4. The molecule has 2 atom stereocenters. The van der Waals surface area contributed by atoms with Gasteiger partial charge in [-0.15, -0.1) is 12.4 Å². The van der Waals surface area contributed by atoms with Crippen molar-refractivity contribution in [1.82, 2.24) is 10.6 Å². The van der Waals surface area contributed by atoms with Gasteiger partial charge in [0.15, 0.2) is 0 Å². The zero-order valence-corrected chi connectivity index (χ0v) is 12.5. The summed E-state index contributed by atoms with van der Waals surface area (Å²) in [5, 5.41) is 6.55. The number of carbonyl (C=O) groups excluding carboxylic acids is 1. The molecule has 0 spiro atoms. The predicted octanol–water partition coefficient (Wildman–Crippen LogP) is 2.40. The molecule has 2 aliphatic rings. The number of aryl methyl sites for hydroxylation is 1. The van der Waals surface area contributed by atoms with Crippen LogP contribution in [0.3, 0.4) is 0 Å². The zero-order chi connectivity index (χ0) is 13.1. The minimum atomic E-state index is 0. The molecule has 1 heterocycles. The number of halogens is 1. The van der Waals surface area contributed by atoms with Crippen LogP contribution in [0.15, 0.2) is 24.3 Å². The van der Waals surface area contributed by atoms with Crippen LogP contribution >= 0.6 is 12.4 Å². The molecule has 3 rings (SSSR count). The molecule has 2 N–H and O–H groups in total. The molecule has 1 fully saturated rings. The Bertz CT molecular complexity index is 458. The first-order valence-corrected chi connectivity index (χ1v) is 7.43. The number of hydrogen-bond donors (Lipinski definition) is 2. The van der Waals surface area contributed by atoms with Crippen LogP contribution in [0.5, 0.6) is 0 Å². The van der Waals surface area contributed by atoms with Crippen LogP contribution < -0.4 is 10.6 Å². The Hall–Kier alpha value is -1.06. The maximum atomic E-state index is 12.4. The smallest absolute Gasteiger partial charge is 0.227 e. The summed E-state index contributed by atoms with van der Waals surface area (Å²) in [7, 11) is 0. The van der Waals surface area contributed by atoms with Crippen molar-refractivity contribution in [2.45, 2.75) is 44.1 Å². The molecule has 110 valence electrons. The van der Waals surface area contributed by atoms with Gasteiger partial charge in [0.1, 0.15) is 0 Å². The summed E-state index contributed by atoms with van der Waals surface area (Å²) in [5.74, 6) is 0.271. The van der Waals surface area contributed by atoms with Gasteiger partial charge in [0.25, 0.3) is 0 Å². The fourth-order valence-electron chi connectivity index (χ4n) is 3.30. The second kappa shape index (κ2) is 7.09. The number of amides is 1. The van der Waals surface area contributed by atoms with Crippen LogP contribution in [0.25, 0.3) is 0 Å². The zero-order valence-electron chi connectivity index (χ0n) is 11.7. The molecule has 1 aliphatic heterocycles. The summed E-state index contributed by atoms with van der Waals surface area (Å²) in [6.07, 6.45) is 5.64. The highest BCUT2D eigenvalue weighted by Crippen LogP contribution is 2.31. The van der Waals surface area contributed by atoms with Crippen molar-refractivity contribution < 1.29 is 4.79 Å². The molecule has 3 nitrogen and oxygen atoms in total. The molecule has 0 saturated carbocycles. The monoisotopic (exact) mass is 294 g/mol. The second-order valence-electron chi connectivity index (χ2n) is 5.68. The van der Waals surface area contributed by atoms with Crippen LogP contribution in [0.1, 0.15) is 42.7 Å². The molecule has 1 saturated heterocycles. The number of benzene rings is 1. The molecule has 20 heavy (non-hydrogen) atoms. The van der Waals surface area contributed by atoms with E-state index in [4.69, 9.17) is 0 Å². The molecular formula is C16H23ClN2O. The summed E-state index contributed by atoms with van der Waals surface area (Å²) < 4.78 is 0. The summed E-state index contributed by atoms with van der Waals surface area (Å²) in [5.41, 5.74) is 2.60. The molecule has 0 radical (unpaired) electrons. The minimum Gasteiger partial charge on any atom is -0.354 e. The third kappa shape index (κ3) is 3.33. The molecule has 2 unspecified atom stereocenters. The number of rotatable bonds is 3. The van der Waals surface area contributed by atoms with E-state index < -0.39 is 0 Å². The Balaban J connectivity index is 0.00000147. The van der Waals surface area contributed by atoms with E-state index in [1.54, 1.807) is 0 Å². The van der Waals surface area contributed by atoms with Gasteiger partial charge < -0.3 is 10.6 Å². The standard InChI is InChI=1S/C16H22N2O.ClH/c19-16(18-11-13-7-4-10-17-13)15-9-3-6-12-5-1-2-8-14(12)15;/h1-2,5,8,13,15,17H,3-4,6-7,9-11H2,(H,18,19);1H. The summed E-state index contributed by atoms with van der Waals surface area (Å²) >= 11 is 0. The van der Waals surface area contributed by atoms with Gasteiger partial charge in [-0.1, -0.05) is 24.3 Å². The van der Waals surface area contributed by atoms with Crippen molar-refractivity contribution in [1.29, 1.82) is 0 Å². The van der Waals surface area contributed by atoms with E-state index in [9.17, 15) is 4.79 Å². The Labute approximate surface area is 126 Å². The van der Waals surface area contributed by atoms with Gasteiger partial charge in [-0.25, -0.2) is 0 Å². The van der Waals surface area contributed by atoms with Gasteiger partial charge >= 0.3 is 0 Å². The molecule has 0 bridgehead atoms. The minimum absolute atomic E-state index is 0. The van der Waals surface area contributed by atoms with Crippen molar-refractivity contribution >= 4 is 18.3 Å². The lowest BCUT2D eigenvalue weighted by atomic mass is 9.82. The lowest BCUT2D eigenvalue weighted by Gasteiger charge is -2.25. The predicted molar refractivity (Wildman–Crippen MR) is 83.4 cm³/mol. The van der Waals surface area contributed by atoms with Crippen molar-refractivity contribution in [3.05, 3.63) is 35.4 Å². The molecule has 1 aliphatic carbocycles. The Kier molecular flexibility index (Phi) is 5.44. The number of carbonyl (C=O) groups is 1. The molecule has 1 amide bonds. The average molecular weight is 295 g/mol. The van der Waals surface area contributed by atoms with Gasteiger partial charge in [0.05, 0.1) is 5.92 Å². The largest absolute Gasteiger partial charge is 0.354 e. The molecule has 4 heteroatoms. The lowest BCUT2D eigenvalue weighted by molar-refractivity contribution is -0.122. The van der Waals surface area contributed by atoms with Crippen molar-refractivity contribution in [2.75, 3.05) is 13.1 Å². The highest BCUT2D eigenvalue weighted by molar-refractivity contribution is 5.85. The first-order chi connectivity index (χ1) is 9.34. The third-order valence-corrected chi connectivity index (χ3v) is 4.37. The van der Waals surface area contributed by atoms with Crippen molar-refractivity contribution in [3.63, 3.8) is 0 Å². The summed E-state index contributed by atoms with van der Waals surface area (Å²) in [6.45, 7) is 1.87. The van der Waals surface area contributed by atoms with E-state index in [1.165, 1.54) is 24.0 Å². The number of nitrogens with one attached hydrogen (secondary N) is 2. The van der Waals surface area contributed by atoms with Crippen LogP contribution in [0.2, 0.25) is 0 Å². The quantitative estimate of drug-likeness (QED) is 0.899. The lowest BCUT2D eigenvalue weighted by Crippen LogP contribution is -2.40. The highest BCUT2D eigenvalue weighted by atomic mass is 35.5. The van der Waals surface area contributed by atoms with Crippen molar-refractivity contribution in [3.8, 4) is 0 Å². The Morgan fingerprint density at radius 1 is 1.25 bits per heavy atom. The van der Waals surface area contributed by atoms with Gasteiger partial charge in [0.2, 0.25) is 5.91 Å². The van der Waals surface area contributed by atoms with E-state index in [0.717, 1.165) is 32.4 Å². The van der Waals surface area contributed by atoms with Gasteiger partial charge in [-0.3, -0.25) is 4.79 Å². The number of fused-ring (bicyclic) bond motifs is 1. The van der Waals surface area contributed by atoms with Crippen LogP contribution in [-0.2, 0) is 11.2 Å².